The fourth-order valence-electron chi connectivity index (χ4n) is 2.00. The lowest BCUT2D eigenvalue weighted by molar-refractivity contribution is -0.139. The number of amides is 2. The number of nitrogens with zero attached hydrogens (tertiary/aromatic N) is 2. The molecule has 7 heteroatoms. The summed E-state index contributed by atoms with van der Waals surface area (Å²) in [5, 5.41) is 11.7. The van der Waals surface area contributed by atoms with Gasteiger partial charge in [-0.3, -0.25) is 0 Å². The quantitative estimate of drug-likeness (QED) is 0.635. The van der Waals surface area contributed by atoms with Crippen molar-refractivity contribution in [2.24, 2.45) is 5.92 Å². The van der Waals surface area contributed by atoms with Crippen LogP contribution in [0, 0.1) is 18.3 Å². The number of hydrogen-bond acceptors (Lipinski definition) is 3. The van der Waals surface area contributed by atoms with Crippen LogP contribution in [-0.4, -0.2) is 51.1 Å². The third-order valence-corrected chi connectivity index (χ3v) is 3.32. The first-order valence-electron chi connectivity index (χ1n) is 6.79. The highest BCUT2D eigenvalue weighted by atomic mass is 16.4. The molecule has 1 aromatic rings. The minimum atomic E-state index is -1.09. The van der Waals surface area contributed by atoms with E-state index in [1.165, 1.54) is 17.4 Å². The molecule has 7 nitrogen and oxygen atoms in total. The van der Waals surface area contributed by atoms with Crippen LogP contribution in [-0.2, 0) is 11.2 Å². The Balaban J connectivity index is 1.95. The molecule has 2 amide bonds. The molecule has 3 N–H and O–H groups in total. The molecular weight excluding hydrogens is 272 g/mol. The van der Waals surface area contributed by atoms with E-state index in [2.05, 4.69) is 21.2 Å². The molecule has 21 heavy (non-hydrogen) atoms. The number of rotatable bonds is 7. The van der Waals surface area contributed by atoms with Crippen LogP contribution in [0.2, 0.25) is 0 Å². The van der Waals surface area contributed by atoms with E-state index in [0.29, 0.717) is 18.2 Å². The van der Waals surface area contributed by atoms with Crippen molar-refractivity contribution in [2.45, 2.75) is 25.3 Å². The second-order valence-corrected chi connectivity index (χ2v) is 5.15. The molecule has 0 aromatic carbocycles. The van der Waals surface area contributed by atoms with Crippen LogP contribution in [0.15, 0.2) is 12.5 Å². The molecule has 1 heterocycles. The summed E-state index contributed by atoms with van der Waals surface area (Å²) in [6.45, 7) is 0.755. The minimum Gasteiger partial charge on any atom is -0.480 e. The van der Waals surface area contributed by atoms with E-state index in [1.807, 2.05) is 0 Å². The fraction of sp³-hybridized carbons (Fsp3) is 0.500. The zero-order chi connectivity index (χ0) is 15.2. The van der Waals surface area contributed by atoms with Crippen LogP contribution < -0.4 is 5.32 Å². The van der Waals surface area contributed by atoms with Gasteiger partial charge in [-0.15, -0.1) is 6.42 Å². The SMILES string of the molecule is C#CCN(CC1CC1)C(=O)N[C@H](Cc1cnc[nH]1)C(=O)O. The normalized spacial score (nSPS) is 15.0. The molecule has 1 atom stereocenters. The van der Waals surface area contributed by atoms with Crippen molar-refractivity contribution in [1.29, 1.82) is 0 Å². The highest BCUT2D eigenvalue weighted by Crippen LogP contribution is 2.29. The maximum absolute atomic E-state index is 12.2. The lowest BCUT2D eigenvalue weighted by atomic mass is 10.1. The summed E-state index contributed by atoms with van der Waals surface area (Å²) in [7, 11) is 0. The van der Waals surface area contributed by atoms with Crippen LogP contribution in [0.1, 0.15) is 18.5 Å². The number of carboxylic acid groups (broad SMARTS) is 1. The second kappa shape index (κ2) is 6.79. The lowest BCUT2D eigenvalue weighted by Gasteiger charge is -2.23. The number of carbonyl (C=O) groups excluding carboxylic acids is 1. The topological polar surface area (TPSA) is 98.3 Å². The van der Waals surface area contributed by atoms with E-state index in [9.17, 15) is 14.7 Å². The average molecular weight is 290 g/mol. The summed E-state index contributed by atoms with van der Waals surface area (Å²) in [4.78, 5) is 31.6. The molecule has 1 aliphatic carbocycles. The van der Waals surface area contributed by atoms with Crippen LogP contribution in [0.25, 0.3) is 0 Å². The molecule has 0 aliphatic heterocycles. The van der Waals surface area contributed by atoms with E-state index in [-0.39, 0.29) is 13.0 Å². The number of urea groups is 1. The highest BCUT2D eigenvalue weighted by molar-refractivity contribution is 5.83. The summed E-state index contributed by atoms with van der Waals surface area (Å²) in [5.41, 5.74) is 0.647. The molecule has 0 spiro atoms. The van der Waals surface area contributed by atoms with E-state index in [4.69, 9.17) is 6.42 Å². The average Bonchev–Trinajstić information content (AvgIpc) is 3.11. The van der Waals surface area contributed by atoms with Gasteiger partial charge in [0, 0.05) is 24.9 Å². The van der Waals surface area contributed by atoms with Crippen molar-refractivity contribution in [3.8, 4) is 12.3 Å². The number of aliphatic carboxylic acids is 1. The van der Waals surface area contributed by atoms with E-state index < -0.39 is 18.0 Å². The number of hydrogen-bond donors (Lipinski definition) is 3. The molecule has 112 valence electrons. The molecule has 1 aliphatic rings. The lowest BCUT2D eigenvalue weighted by Crippen LogP contribution is -2.49. The third kappa shape index (κ3) is 4.53. The number of carbonyl (C=O) groups is 2. The van der Waals surface area contributed by atoms with Crippen molar-refractivity contribution in [1.82, 2.24) is 20.2 Å². The molecular formula is C14H18N4O3. The number of aromatic amines is 1. The maximum atomic E-state index is 12.2. The molecule has 0 radical (unpaired) electrons. The van der Waals surface area contributed by atoms with Crippen LogP contribution in [0.4, 0.5) is 4.79 Å². The second-order valence-electron chi connectivity index (χ2n) is 5.15. The molecule has 0 unspecified atom stereocenters. The van der Waals surface area contributed by atoms with Gasteiger partial charge in [-0.05, 0) is 18.8 Å². The highest BCUT2D eigenvalue weighted by Gasteiger charge is 2.28. The Hall–Kier alpha value is -2.49. The molecule has 0 saturated heterocycles. The summed E-state index contributed by atoms with van der Waals surface area (Å²) in [6.07, 6.45) is 10.6. The summed E-state index contributed by atoms with van der Waals surface area (Å²) in [6, 6.07) is -1.45. The Labute approximate surface area is 122 Å². The third-order valence-electron chi connectivity index (χ3n) is 3.32. The van der Waals surface area contributed by atoms with E-state index >= 15 is 0 Å². The van der Waals surface area contributed by atoms with Crippen molar-refractivity contribution >= 4 is 12.0 Å². The number of carboxylic acids is 1. The van der Waals surface area contributed by atoms with Crippen LogP contribution >= 0.6 is 0 Å². The standard InChI is InChI=1S/C14H18N4O3/c1-2-5-18(8-10-3-4-10)14(21)17-12(13(19)20)6-11-7-15-9-16-11/h1,7,9-10,12H,3-6,8H2,(H,15,16)(H,17,21)(H,19,20)/t12-/m1/s1. The van der Waals surface area contributed by atoms with E-state index in [0.717, 1.165) is 12.8 Å². The van der Waals surface area contributed by atoms with Gasteiger partial charge in [-0.1, -0.05) is 5.92 Å². The van der Waals surface area contributed by atoms with Gasteiger partial charge < -0.3 is 20.3 Å². The Morgan fingerprint density at radius 2 is 2.38 bits per heavy atom. The van der Waals surface area contributed by atoms with Crippen LogP contribution in [0.3, 0.4) is 0 Å². The number of aromatic nitrogens is 2. The Morgan fingerprint density at radius 3 is 2.90 bits per heavy atom. The summed E-state index contributed by atoms with van der Waals surface area (Å²) >= 11 is 0. The Kier molecular flexibility index (Phi) is 4.82. The van der Waals surface area contributed by atoms with Gasteiger partial charge in [-0.25, -0.2) is 14.6 Å². The van der Waals surface area contributed by atoms with Crippen molar-refractivity contribution in [2.75, 3.05) is 13.1 Å². The van der Waals surface area contributed by atoms with Gasteiger partial charge in [0.15, 0.2) is 0 Å². The fourth-order valence-corrected chi connectivity index (χ4v) is 2.00. The zero-order valence-corrected chi connectivity index (χ0v) is 11.6. The number of terminal acetylenes is 1. The van der Waals surface area contributed by atoms with Gasteiger partial charge in [0.1, 0.15) is 6.04 Å². The first-order chi connectivity index (χ1) is 10.1. The van der Waals surface area contributed by atoms with Crippen molar-refractivity contribution < 1.29 is 14.7 Å². The zero-order valence-electron chi connectivity index (χ0n) is 11.6. The summed E-state index contributed by atoms with van der Waals surface area (Å²) < 4.78 is 0. The molecule has 1 fully saturated rings. The number of nitrogens with one attached hydrogen (secondary N) is 2. The number of H-pyrrole nitrogens is 1. The first-order valence-corrected chi connectivity index (χ1v) is 6.79. The van der Waals surface area contributed by atoms with Gasteiger partial charge in [-0.2, -0.15) is 0 Å². The summed E-state index contributed by atoms with van der Waals surface area (Å²) in [5.74, 6) is 1.82. The molecule has 2 rings (SSSR count). The number of imidazole rings is 1. The maximum Gasteiger partial charge on any atom is 0.326 e. The van der Waals surface area contributed by atoms with Gasteiger partial charge in [0.2, 0.25) is 0 Å². The van der Waals surface area contributed by atoms with Gasteiger partial charge in [0.05, 0.1) is 12.9 Å². The minimum absolute atomic E-state index is 0.147. The Morgan fingerprint density at radius 1 is 1.62 bits per heavy atom. The van der Waals surface area contributed by atoms with Gasteiger partial charge in [0.25, 0.3) is 0 Å². The largest absolute Gasteiger partial charge is 0.480 e. The predicted octanol–water partition coefficient (Wildman–Crippen LogP) is 0.460. The molecule has 0 bridgehead atoms. The first kappa shape index (κ1) is 14.9. The smallest absolute Gasteiger partial charge is 0.326 e. The van der Waals surface area contributed by atoms with Crippen molar-refractivity contribution in [3.63, 3.8) is 0 Å². The van der Waals surface area contributed by atoms with Gasteiger partial charge >= 0.3 is 12.0 Å². The molecule has 1 aromatic heterocycles. The predicted molar refractivity (Wildman–Crippen MR) is 75.4 cm³/mol. The molecule has 1 saturated carbocycles. The van der Waals surface area contributed by atoms with E-state index in [1.54, 1.807) is 0 Å². The monoisotopic (exact) mass is 290 g/mol. The van der Waals surface area contributed by atoms with Crippen molar-refractivity contribution in [3.05, 3.63) is 18.2 Å². The van der Waals surface area contributed by atoms with Crippen LogP contribution in [0.5, 0.6) is 0 Å². The Bertz CT molecular complexity index is 531.